The Balaban J connectivity index is 0.00000208. The molecule has 0 bridgehead atoms. The number of hydrazine groups is 1. The Labute approximate surface area is 147 Å². The Kier molecular flexibility index (Phi) is 5.26. The first-order chi connectivity index (χ1) is 11.0. The monoisotopic (exact) mass is 345 g/mol. The van der Waals surface area contributed by atoms with Gasteiger partial charge in [-0.1, -0.05) is 36.4 Å². The van der Waals surface area contributed by atoms with Crippen molar-refractivity contribution in [1.29, 1.82) is 0 Å². The van der Waals surface area contributed by atoms with E-state index in [9.17, 15) is 9.59 Å². The molecule has 6 heteroatoms. The number of hydrogen-bond acceptors (Lipinski definition) is 3. The maximum atomic E-state index is 12.7. The van der Waals surface area contributed by atoms with Crippen molar-refractivity contribution < 1.29 is 9.59 Å². The van der Waals surface area contributed by atoms with Crippen LogP contribution in [0.25, 0.3) is 11.1 Å². The first-order valence-corrected chi connectivity index (χ1v) is 7.56. The zero-order chi connectivity index (χ0) is 16.6. The summed E-state index contributed by atoms with van der Waals surface area (Å²) < 4.78 is 0. The number of amides is 2. The summed E-state index contributed by atoms with van der Waals surface area (Å²) in [6.07, 6.45) is 0.226. The van der Waals surface area contributed by atoms with Crippen LogP contribution in [0, 0.1) is 6.92 Å². The molecule has 24 heavy (non-hydrogen) atoms. The topological polar surface area (TPSA) is 75.4 Å². The van der Waals surface area contributed by atoms with Crippen LogP contribution in [0.1, 0.15) is 18.1 Å². The number of nitrogens with two attached hydrogens (primary N) is 1. The molecule has 1 aliphatic heterocycles. The smallest absolute Gasteiger partial charge is 0.255 e. The lowest BCUT2D eigenvalue weighted by Gasteiger charge is -2.25. The summed E-state index contributed by atoms with van der Waals surface area (Å²) >= 11 is 0. The number of nitrogens with zero attached hydrogens (tertiary/aromatic N) is 1. The summed E-state index contributed by atoms with van der Waals surface area (Å²) in [5, 5.41) is 1.33. The van der Waals surface area contributed by atoms with Gasteiger partial charge < -0.3 is 5.73 Å². The first kappa shape index (κ1) is 18.0. The van der Waals surface area contributed by atoms with Crippen LogP contribution >= 0.6 is 12.4 Å². The van der Waals surface area contributed by atoms with E-state index in [1.165, 1.54) is 5.01 Å². The Morgan fingerprint density at radius 1 is 1.21 bits per heavy atom. The van der Waals surface area contributed by atoms with Crippen molar-refractivity contribution in [1.82, 2.24) is 5.43 Å². The van der Waals surface area contributed by atoms with E-state index < -0.39 is 11.9 Å². The second kappa shape index (κ2) is 7.03. The lowest BCUT2D eigenvalue weighted by atomic mass is 9.94. The molecule has 126 valence electrons. The van der Waals surface area contributed by atoms with Crippen LogP contribution in [0.5, 0.6) is 0 Å². The van der Waals surface area contributed by atoms with E-state index in [0.29, 0.717) is 5.69 Å². The van der Waals surface area contributed by atoms with Crippen molar-refractivity contribution in [3.05, 3.63) is 53.6 Å². The van der Waals surface area contributed by atoms with E-state index >= 15 is 0 Å². The standard InChI is InChI=1S/C18H19N3O2.ClH/c1-11-6-5-9-15-17(11)14-8-4-3-7-13(14)10-16(22)21(15)20-18(23)12(2)19;/h3-9,12H,10,19H2,1-2H3,(H,20,23);1H/t12-;/m0./s1. The second-order valence-corrected chi connectivity index (χ2v) is 5.80. The van der Waals surface area contributed by atoms with Gasteiger partial charge in [0, 0.05) is 5.56 Å². The third-order valence-electron chi connectivity index (χ3n) is 4.01. The molecule has 2 aromatic carbocycles. The van der Waals surface area contributed by atoms with Crippen LogP contribution in [0.4, 0.5) is 5.69 Å². The van der Waals surface area contributed by atoms with Gasteiger partial charge in [0.15, 0.2) is 0 Å². The van der Waals surface area contributed by atoms with Crippen molar-refractivity contribution in [2.75, 3.05) is 5.01 Å². The summed E-state index contributed by atoms with van der Waals surface area (Å²) in [4.78, 5) is 24.7. The molecule has 0 radical (unpaired) electrons. The van der Waals surface area contributed by atoms with Gasteiger partial charge in [-0.2, -0.15) is 0 Å². The summed E-state index contributed by atoms with van der Waals surface area (Å²) in [6, 6.07) is 12.8. The number of benzene rings is 2. The van der Waals surface area contributed by atoms with E-state index in [2.05, 4.69) is 5.43 Å². The Morgan fingerprint density at radius 3 is 2.62 bits per heavy atom. The largest absolute Gasteiger partial charge is 0.320 e. The maximum absolute atomic E-state index is 12.7. The molecule has 1 atom stereocenters. The molecule has 3 N–H and O–H groups in total. The Hall–Kier alpha value is -2.37. The number of carbonyl (C=O) groups is 2. The van der Waals surface area contributed by atoms with Gasteiger partial charge in [0.2, 0.25) is 5.91 Å². The highest BCUT2D eigenvalue weighted by Gasteiger charge is 2.28. The maximum Gasteiger partial charge on any atom is 0.255 e. The highest BCUT2D eigenvalue weighted by atomic mass is 35.5. The fraction of sp³-hybridized carbons (Fsp3) is 0.222. The molecule has 3 rings (SSSR count). The molecule has 2 amide bonds. The van der Waals surface area contributed by atoms with Crippen LogP contribution < -0.4 is 16.2 Å². The number of aryl methyl sites for hydroxylation is 1. The number of nitrogens with one attached hydrogen (secondary N) is 1. The van der Waals surface area contributed by atoms with Crippen molar-refractivity contribution in [2.45, 2.75) is 26.3 Å². The number of rotatable bonds is 2. The van der Waals surface area contributed by atoms with Crippen molar-refractivity contribution >= 4 is 29.9 Å². The minimum absolute atomic E-state index is 0. The highest BCUT2D eigenvalue weighted by molar-refractivity contribution is 6.05. The SMILES string of the molecule is Cc1cccc2c1-c1ccccc1CC(=O)N2NC(=O)[C@H](C)N.Cl. The van der Waals surface area contributed by atoms with Gasteiger partial charge in [0.05, 0.1) is 18.2 Å². The minimum Gasteiger partial charge on any atom is -0.320 e. The quantitative estimate of drug-likeness (QED) is 0.877. The molecule has 1 aliphatic rings. The summed E-state index contributed by atoms with van der Waals surface area (Å²) in [5.74, 6) is -0.576. The van der Waals surface area contributed by atoms with Crippen LogP contribution in [0.2, 0.25) is 0 Å². The van der Waals surface area contributed by atoms with Crippen molar-refractivity contribution in [3.8, 4) is 11.1 Å². The van der Waals surface area contributed by atoms with Crippen LogP contribution in [0.15, 0.2) is 42.5 Å². The number of halogens is 1. The van der Waals surface area contributed by atoms with Gasteiger partial charge in [-0.3, -0.25) is 15.0 Å². The number of fused-ring (bicyclic) bond motifs is 3. The molecule has 0 aromatic heterocycles. The van der Waals surface area contributed by atoms with E-state index in [1.807, 2.05) is 49.4 Å². The summed E-state index contributed by atoms with van der Waals surface area (Å²) in [5.41, 5.74) is 12.9. The van der Waals surface area contributed by atoms with Gasteiger partial charge in [0.25, 0.3) is 5.91 Å². The zero-order valence-electron chi connectivity index (χ0n) is 13.6. The fourth-order valence-electron chi connectivity index (χ4n) is 2.82. The van der Waals surface area contributed by atoms with Crippen molar-refractivity contribution in [2.24, 2.45) is 5.73 Å². The predicted molar refractivity (Wildman–Crippen MR) is 96.8 cm³/mol. The zero-order valence-corrected chi connectivity index (χ0v) is 14.4. The molecule has 0 unspecified atom stereocenters. The molecule has 5 nitrogen and oxygen atoms in total. The molecule has 1 heterocycles. The fourth-order valence-corrected chi connectivity index (χ4v) is 2.82. The van der Waals surface area contributed by atoms with Gasteiger partial charge in [0.1, 0.15) is 0 Å². The third-order valence-corrected chi connectivity index (χ3v) is 4.01. The molecular formula is C18H20ClN3O2. The molecule has 0 saturated carbocycles. The molecular weight excluding hydrogens is 326 g/mol. The van der Waals surface area contributed by atoms with E-state index in [0.717, 1.165) is 22.3 Å². The van der Waals surface area contributed by atoms with Crippen LogP contribution in [-0.4, -0.2) is 17.9 Å². The van der Waals surface area contributed by atoms with E-state index in [4.69, 9.17) is 5.73 Å². The average molecular weight is 346 g/mol. The molecule has 0 saturated heterocycles. The highest BCUT2D eigenvalue weighted by Crippen LogP contribution is 2.38. The van der Waals surface area contributed by atoms with Crippen molar-refractivity contribution in [3.63, 3.8) is 0 Å². The van der Waals surface area contributed by atoms with Crippen LogP contribution in [-0.2, 0) is 16.0 Å². The third kappa shape index (κ3) is 3.13. The van der Waals surface area contributed by atoms with Gasteiger partial charge in [-0.05, 0) is 36.6 Å². The summed E-state index contributed by atoms with van der Waals surface area (Å²) in [7, 11) is 0. The molecule has 0 aliphatic carbocycles. The average Bonchev–Trinajstić information content (AvgIpc) is 2.63. The lowest BCUT2D eigenvalue weighted by molar-refractivity contribution is -0.126. The first-order valence-electron chi connectivity index (χ1n) is 7.56. The molecule has 0 fully saturated rings. The van der Waals surface area contributed by atoms with E-state index in [-0.39, 0.29) is 24.7 Å². The normalized spacial score (nSPS) is 14.0. The summed E-state index contributed by atoms with van der Waals surface area (Å²) in [6.45, 7) is 3.58. The number of hydrogen-bond donors (Lipinski definition) is 2. The van der Waals surface area contributed by atoms with Gasteiger partial charge in [-0.15, -0.1) is 12.4 Å². The van der Waals surface area contributed by atoms with E-state index in [1.54, 1.807) is 6.92 Å². The number of anilines is 1. The minimum atomic E-state index is -0.693. The van der Waals surface area contributed by atoms with Gasteiger partial charge >= 0.3 is 0 Å². The predicted octanol–water partition coefficient (Wildman–Crippen LogP) is 2.35. The second-order valence-electron chi connectivity index (χ2n) is 5.80. The Bertz CT molecular complexity index is 790. The number of carbonyl (C=O) groups excluding carboxylic acids is 2. The lowest BCUT2D eigenvalue weighted by Crippen LogP contribution is -2.51. The van der Waals surface area contributed by atoms with Gasteiger partial charge in [-0.25, -0.2) is 5.01 Å². The Morgan fingerprint density at radius 2 is 1.92 bits per heavy atom. The van der Waals surface area contributed by atoms with Crippen LogP contribution in [0.3, 0.4) is 0 Å². The molecule has 2 aromatic rings. The molecule has 0 spiro atoms.